The SMILES string of the molecule is COc1ccc(Cl)cc1N1C(=O)C(Nc2ccc(C)cc2)=C(c2cccs2)C1=O. The van der Waals surface area contributed by atoms with Crippen molar-refractivity contribution in [3.8, 4) is 5.75 Å². The van der Waals surface area contributed by atoms with Crippen LogP contribution in [0.4, 0.5) is 11.4 Å². The highest BCUT2D eigenvalue weighted by atomic mass is 35.5. The van der Waals surface area contributed by atoms with E-state index in [0.29, 0.717) is 26.9 Å². The molecule has 0 unspecified atom stereocenters. The molecular formula is C22H17ClN2O3S. The second-order valence-corrected chi connectivity index (χ2v) is 7.86. The topological polar surface area (TPSA) is 58.6 Å². The summed E-state index contributed by atoms with van der Waals surface area (Å²) in [5.74, 6) is -0.495. The third-order valence-electron chi connectivity index (χ3n) is 4.55. The molecule has 2 amide bonds. The summed E-state index contributed by atoms with van der Waals surface area (Å²) in [5, 5.41) is 5.41. The molecule has 2 aromatic carbocycles. The Hall–Kier alpha value is -3.09. The first-order valence-corrected chi connectivity index (χ1v) is 10.1. The van der Waals surface area contributed by atoms with E-state index in [-0.39, 0.29) is 5.70 Å². The molecule has 0 atom stereocenters. The van der Waals surface area contributed by atoms with E-state index in [9.17, 15) is 9.59 Å². The van der Waals surface area contributed by atoms with Crippen molar-refractivity contribution in [3.63, 3.8) is 0 Å². The molecule has 2 heterocycles. The Labute approximate surface area is 177 Å². The molecule has 0 bridgehead atoms. The lowest BCUT2D eigenvalue weighted by molar-refractivity contribution is -0.120. The quantitative estimate of drug-likeness (QED) is 0.578. The largest absolute Gasteiger partial charge is 0.495 e. The average Bonchev–Trinajstić information content (AvgIpc) is 3.30. The predicted octanol–water partition coefficient (Wildman–Crippen LogP) is 5.12. The van der Waals surface area contributed by atoms with Crippen LogP contribution in [0.3, 0.4) is 0 Å². The molecule has 0 radical (unpaired) electrons. The highest BCUT2D eigenvalue weighted by molar-refractivity contribution is 7.11. The fourth-order valence-electron chi connectivity index (χ4n) is 3.13. The molecule has 29 heavy (non-hydrogen) atoms. The molecule has 1 aliphatic rings. The fourth-order valence-corrected chi connectivity index (χ4v) is 4.07. The number of halogens is 1. The Bertz CT molecular complexity index is 1120. The lowest BCUT2D eigenvalue weighted by Gasteiger charge is -2.18. The number of ether oxygens (including phenoxy) is 1. The number of benzene rings is 2. The van der Waals surface area contributed by atoms with Crippen LogP contribution in [0.1, 0.15) is 10.4 Å². The zero-order chi connectivity index (χ0) is 20.5. The molecular weight excluding hydrogens is 408 g/mol. The van der Waals surface area contributed by atoms with Crippen LogP contribution in [0.2, 0.25) is 5.02 Å². The zero-order valence-electron chi connectivity index (χ0n) is 15.7. The Kier molecular flexibility index (Phi) is 5.13. The van der Waals surface area contributed by atoms with Gasteiger partial charge in [-0.2, -0.15) is 0 Å². The number of hydrogen-bond donors (Lipinski definition) is 1. The Morgan fingerprint density at radius 1 is 1.03 bits per heavy atom. The first-order valence-electron chi connectivity index (χ1n) is 8.83. The zero-order valence-corrected chi connectivity index (χ0v) is 17.3. The van der Waals surface area contributed by atoms with Gasteiger partial charge in [-0.05, 0) is 48.7 Å². The van der Waals surface area contributed by atoms with Crippen molar-refractivity contribution in [2.24, 2.45) is 0 Å². The number of carbonyl (C=O) groups is 2. The van der Waals surface area contributed by atoms with Crippen LogP contribution < -0.4 is 15.0 Å². The van der Waals surface area contributed by atoms with Crippen LogP contribution in [-0.4, -0.2) is 18.9 Å². The summed E-state index contributed by atoms with van der Waals surface area (Å²) in [6, 6.07) is 16.1. The van der Waals surface area contributed by atoms with E-state index in [2.05, 4.69) is 5.32 Å². The molecule has 7 heteroatoms. The maximum Gasteiger partial charge on any atom is 0.282 e. The minimum Gasteiger partial charge on any atom is -0.495 e. The van der Waals surface area contributed by atoms with Gasteiger partial charge in [0.1, 0.15) is 11.4 Å². The molecule has 0 saturated heterocycles. The van der Waals surface area contributed by atoms with Gasteiger partial charge in [-0.25, -0.2) is 4.90 Å². The van der Waals surface area contributed by atoms with Crippen LogP contribution in [0.5, 0.6) is 5.75 Å². The normalized spacial score (nSPS) is 14.0. The fraction of sp³-hybridized carbons (Fsp3) is 0.0909. The van der Waals surface area contributed by atoms with E-state index < -0.39 is 11.8 Å². The van der Waals surface area contributed by atoms with E-state index in [4.69, 9.17) is 16.3 Å². The minimum absolute atomic E-state index is 0.225. The third-order valence-corrected chi connectivity index (χ3v) is 5.68. The summed E-state index contributed by atoms with van der Waals surface area (Å²) in [7, 11) is 1.48. The van der Waals surface area contributed by atoms with Gasteiger partial charge in [0.15, 0.2) is 0 Å². The number of methoxy groups -OCH3 is 1. The second kappa shape index (κ2) is 7.73. The van der Waals surface area contributed by atoms with Crippen molar-refractivity contribution in [1.29, 1.82) is 0 Å². The Balaban J connectivity index is 1.82. The molecule has 0 aliphatic carbocycles. The van der Waals surface area contributed by atoms with E-state index in [1.807, 2.05) is 48.7 Å². The van der Waals surface area contributed by atoms with Crippen LogP contribution in [0.25, 0.3) is 5.57 Å². The number of nitrogens with zero attached hydrogens (tertiary/aromatic N) is 1. The van der Waals surface area contributed by atoms with Gasteiger partial charge in [0.25, 0.3) is 11.8 Å². The second-order valence-electron chi connectivity index (χ2n) is 6.48. The highest BCUT2D eigenvalue weighted by Crippen LogP contribution is 2.40. The first-order chi connectivity index (χ1) is 14.0. The van der Waals surface area contributed by atoms with Gasteiger partial charge in [0.2, 0.25) is 0 Å². The summed E-state index contributed by atoms with van der Waals surface area (Å²) >= 11 is 7.53. The van der Waals surface area contributed by atoms with Crippen LogP contribution in [0.15, 0.2) is 65.7 Å². The number of anilines is 2. The number of hydrogen-bond acceptors (Lipinski definition) is 5. The minimum atomic E-state index is -0.459. The van der Waals surface area contributed by atoms with Crippen LogP contribution >= 0.6 is 22.9 Å². The van der Waals surface area contributed by atoms with Crippen molar-refractivity contribution >= 4 is 51.7 Å². The van der Waals surface area contributed by atoms with Crippen molar-refractivity contribution in [1.82, 2.24) is 0 Å². The maximum atomic E-state index is 13.4. The number of carbonyl (C=O) groups excluding carboxylic acids is 2. The number of rotatable bonds is 5. The van der Waals surface area contributed by atoms with Crippen molar-refractivity contribution in [2.45, 2.75) is 6.92 Å². The molecule has 1 aliphatic heterocycles. The van der Waals surface area contributed by atoms with Crippen molar-refractivity contribution in [3.05, 3.63) is 81.1 Å². The van der Waals surface area contributed by atoms with Crippen LogP contribution in [0, 0.1) is 6.92 Å². The maximum absolute atomic E-state index is 13.4. The number of amides is 2. The molecule has 0 fully saturated rings. The number of imide groups is 1. The molecule has 1 N–H and O–H groups in total. The Morgan fingerprint density at radius 3 is 2.45 bits per heavy atom. The smallest absolute Gasteiger partial charge is 0.282 e. The summed E-state index contributed by atoms with van der Waals surface area (Å²) in [5.41, 5.74) is 2.68. The first kappa shape index (κ1) is 19.2. The molecule has 1 aromatic heterocycles. The molecule has 0 saturated carbocycles. The lowest BCUT2D eigenvalue weighted by atomic mass is 10.1. The van der Waals surface area contributed by atoms with E-state index >= 15 is 0 Å². The number of thiophene rings is 1. The van der Waals surface area contributed by atoms with Gasteiger partial charge >= 0.3 is 0 Å². The van der Waals surface area contributed by atoms with Gasteiger partial charge in [0.05, 0.1) is 18.4 Å². The number of nitrogens with one attached hydrogen (secondary N) is 1. The molecule has 0 spiro atoms. The predicted molar refractivity (Wildman–Crippen MR) is 117 cm³/mol. The van der Waals surface area contributed by atoms with Crippen molar-refractivity contribution < 1.29 is 14.3 Å². The average molecular weight is 425 g/mol. The summed E-state index contributed by atoms with van der Waals surface area (Å²) in [4.78, 5) is 28.5. The monoisotopic (exact) mass is 424 g/mol. The summed E-state index contributed by atoms with van der Waals surface area (Å²) in [6.45, 7) is 1.98. The molecule has 5 nitrogen and oxygen atoms in total. The van der Waals surface area contributed by atoms with Crippen molar-refractivity contribution in [2.75, 3.05) is 17.3 Å². The summed E-state index contributed by atoms with van der Waals surface area (Å²) in [6.07, 6.45) is 0. The van der Waals surface area contributed by atoms with E-state index in [1.54, 1.807) is 18.2 Å². The standard InChI is InChI=1S/C22H17ClN2O3S/c1-13-5-8-15(9-6-13)24-20-19(18-4-3-11-29-18)21(26)25(22(20)27)16-12-14(23)7-10-17(16)28-2/h3-12,24H,1-2H3. The van der Waals surface area contributed by atoms with Gasteiger partial charge in [-0.3, -0.25) is 9.59 Å². The molecule has 3 aromatic rings. The number of aryl methyl sites for hydroxylation is 1. The molecule has 146 valence electrons. The van der Waals surface area contributed by atoms with Crippen LogP contribution in [-0.2, 0) is 9.59 Å². The van der Waals surface area contributed by atoms with Gasteiger partial charge in [0, 0.05) is 15.6 Å². The lowest BCUT2D eigenvalue weighted by Crippen LogP contribution is -2.32. The van der Waals surface area contributed by atoms with Gasteiger partial charge < -0.3 is 10.1 Å². The van der Waals surface area contributed by atoms with E-state index in [1.165, 1.54) is 18.4 Å². The molecule has 4 rings (SSSR count). The van der Waals surface area contributed by atoms with Gasteiger partial charge in [-0.1, -0.05) is 35.4 Å². The van der Waals surface area contributed by atoms with E-state index in [0.717, 1.165) is 16.2 Å². The Morgan fingerprint density at radius 2 is 1.79 bits per heavy atom. The third kappa shape index (κ3) is 3.52. The summed E-state index contributed by atoms with van der Waals surface area (Å²) < 4.78 is 5.36. The highest BCUT2D eigenvalue weighted by Gasteiger charge is 2.42. The van der Waals surface area contributed by atoms with Gasteiger partial charge in [-0.15, -0.1) is 11.3 Å².